The molecule has 25 heavy (non-hydrogen) atoms. The lowest BCUT2D eigenvalue weighted by atomic mass is 9.99. The number of hydrogen-bond acceptors (Lipinski definition) is 3. The number of rotatable bonds is 7. The number of anilines is 1. The Morgan fingerprint density at radius 1 is 1.20 bits per heavy atom. The molecule has 5 nitrogen and oxygen atoms in total. The fourth-order valence-corrected chi connectivity index (χ4v) is 2.46. The molecule has 3 N–H and O–H groups in total. The van der Waals surface area contributed by atoms with Gasteiger partial charge in [0.15, 0.2) is 6.61 Å². The summed E-state index contributed by atoms with van der Waals surface area (Å²) in [5.41, 5.74) is 7.34. The van der Waals surface area contributed by atoms with E-state index in [-0.39, 0.29) is 23.8 Å². The van der Waals surface area contributed by atoms with Gasteiger partial charge >= 0.3 is 0 Å². The standard InChI is InChI=1S/C19H21ClN2O3/c1-3-12(2)13-4-7-15(8-5-13)22-18(23)11-25-17-9-6-14(20)10-16(17)19(21)24/h4-10,12H,3,11H2,1-2H3,(H2,21,24)(H,22,23). The second-order valence-corrected chi connectivity index (χ2v) is 6.21. The number of amides is 2. The van der Waals surface area contributed by atoms with Gasteiger partial charge in [-0.15, -0.1) is 0 Å². The van der Waals surface area contributed by atoms with Crippen molar-refractivity contribution in [3.8, 4) is 5.75 Å². The summed E-state index contributed by atoms with van der Waals surface area (Å²) in [4.78, 5) is 23.4. The van der Waals surface area contributed by atoms with Crippen molar-refractivity contribution in [2.75, 3.05) is 11.9 Å². The number of nitrogens with two attached hydrogens (primary N) is 1. The molecule has 0 fully saturated rings. The maximum absolute atomic E-state index is 12.0. The normalized spacial score (nSPS) is 11.6. The van der Waals surface area contributed by atoms with Gasteiger partial charge in [-0.25, -0.2) is 0 Å². The Bertz CT molecular complexity index is 760. The predicted molar refractivity (Wildman–Crippen MR) is 99.2 cm³/mol. The lowest BCUT2D eigenvalue weighted by molar-refractivity contribution is -0.118. The third-order valence-electron chi connectivity index (χ3n) is 3.94. The number of nitrogens with one attached hydrogen (secondary N) is 1. The Morgan fingerprint density at radius 2 is 1.88 bits per heavy atom. The van der Waals surface area contributed by atoms with Crippen LogP contribution >= 0.6 is 11.6 Å². The van der Waals surface area contributed by atoms with E-state index < -0.39 is 5.91 Å². The lowest BCUT2D eigenvalue weighted by Gasteiger charge is -2.12. The van der Waals surface area contributed by atoms with Crippen LogP contribution in [0.25, 0.3) is 0 Å². The maximum atomic E-state index is 12.0. The third kappa shape index (κ3) is 5.22. The molecule has 0 saturated carbocycles. The van der Waals surface area contributed by atoms with Crippen LogP contribution in [-0.4, -0.2) is 18.4 Å². The molecule has 0 aromatic heterocycles. The van der Waals surface area contributed by atoms with Crippen molar-refractivity contribution in [1.29, 1.82) is 0 Å². The first-order valence-corrected chi connectivity index (χ1v) is 8.40. The van der Waals surface area contributed by atoms with Crippen LogP contribution in [0.1, 0.15) is 42.1 Å². The molecular formula is C19H21ClN2O3. The molecule has 2 rings (SSSR count). The van der Waals surface area contributed by atoms with Crippen molar-refractivity contribution in [3.63, 3.8) is 0 Å². The van der Waals surface area contributed by atoms with Crippen LogP contribution in [0, 0.1) is 0 Å². The van der Waals surface area contributed by atoms with E-state index in [0.29, 0.717) is 16.6 Å². The summed E-state index contributed by atoms with van der Waals surface area (Å²) in [6, 6.07) is 12.2. The Labute approximate surface area is 152 Å². The Hall–Kier alpha value is -2.53. The summed E-state index contributed by atoms with van der Waals surface area (Å²) in [6.07, 6.45) is 1.06. The van der Waals surface area contributed by atoms with Gasteiger partial charge in [-0.1, -0.05) is 37.6 Å². The van der Waals surface area contributed by atoms with Gasteiger partial charge in [-0.05, 0) is 48.2 Å². The van der Waals surface area contributed by atoms with Crippen molar-refractivity contribution >= 4 is 29.1 Å². The lowest BCUT2D eigenvalue weighted by Crippen LogP contribution is -2.21. The first kappa shape index (κ1) is 18.8. The Morgan fingerprint density at radius 3 is 2.48 bits per heavy atom. The molecule has 0 aliphatic heterocycles. The molecule has 1 atom stereocenters. The highest BCUT2D eigenvalue weighted by Crippen LogP contribution is 2.23. The van der Waals surface area contributed by atoms with Gasteiger partial charge < -0.3 is 15.8 Å². The molecule has 2 aromatic carbocycles. The Kier molecular flexibility index (Phi) is 6.42. The van der Waals surface area contributed by atoms with E-state index in [1.165, 1.54) is 17.7 Å². The molecule has 0 bridgehead atoms. The van der Waals surface area contributed by atoms with Crippen molar-refractivity contribution in [1.82, 2.24) is 0 Å². The molecule has 2 amide bonds. The minimum atomic E-state index is -0.668. The van der Waals surface area contributed by atoms with Gasteiger partial charge in [0, 0.05) is 10.7 Å². The highest BCUT2D eigenvalue weighted by Gasteiger charge is 2.12. The third-order valence-corrected chi connectivity index (χ3v) is 4.18. The summed E-state index contributed by atoms with van der Waals surface area (Å²) >= 11 is 5.83. The second kappa shape index (κ2) is 8.53. The molecule has 0 radical (unpaired) electrons. The van der Waals surface area contributed by atoms with E-state index >= 15 is 0 Å². The monoisotopic (exact) mass is 360 g/mol. The van der Waals surface area contributed by atoms with Gasteiger partial charge in [-0.2, -0.15) is 0 Å². The van der Waals surface area contributed by atoms with Crippen molar-refractivity contribution < 1.29 is 14.3 Å². The minimum absolute atomic E-state index is 0.137. The van der Waals surface area contributed by atoms with E-state index in [1.807, 2.05) is 24.3 Å². The molecule has 1 unspecified atom stereocenters. The van der Waals surface area contributed by atoms with Crippen LogP contribution in [0.2, 0.25) is 5.02 Å². The van der Waals surface area contributed by atoms with Gasteiger partial charge in [0.25, 0.3) is 11.8 Å². The first-order valence-electron chi connectivity index (χ1n) is 8.02. The fourth-order valence-electron chi connectivity index (χ4n) is 2.29. The van der Waals surface area contributed by atoms with Crippen LogP contribution < -0.4 is 15.8 Å². The summed E-state index contributed by atoms with van der Waals surface area (Å²) in [6.45, 7) is 4.05. The minimum Gasteiger partial charge on any atom is -0.483 e. The molecule has 0 aliphatic carbocycles. The van der Waals surface area contributed by atoms with E-state index in [1.54, 1.807) is 6.07 Å². The number of primary amides is 1. The van der Waals surface area contributed by atoms with Crippen molar-refractivity contribution in [2.45, 2.75) is 26.2 Å². The van der Waals surface area contributed by atoms with Gasteiger partial charge in [-0.3, -0.25) is 9.59 Å². The van der Waals surface area contributed by atoms with Crippen LogP contribution in [0.3, 0.4) is 0 Å². The maximum Gasteiger partial charge on any atom is 0.262 e. The predicted octanol–water partition coefficient (Wildman–Crippen LogP) is 3.97. The molecule has 0 spiro atoms. The molecule has 6 heteroatoms. The quantitative estimate of drug-likeness (QED) is 0.783. The number of benzene rings is 2. The van der Waals surface area contributed by atoms with Crippen molar-refractivity contribution in [2.24, 2.45) is 5.73 Å². The highest BCUT2D eigenvalue weighted by atomic mass is 35.5. The summed E-state index contributed by atoms with van der Waals surface area (Å²) in [7, 11) is 0. The van der Waals surface area contributed by atoms with Crippen LogP contribution in [0.5, 0.6) is 5.75 Å². The van der Waals surface area contributed by atoms with Gasteiger partial charge in [0.1, 0.15) is 5.75 Å². The summed E-state index contributed by atoms with van der Waals surface area (Å²) in [5, 5.41) is 3.12. The fraction of sp³-hybridized carbons (Fsp3) is 0.263. The molecule has 2 aromatic rings. The average Bonchev–Trinajstić information content (AvgIpc) is 2.60. The van der Waals surface area contributed by atoms with Crippen molar-refractivity contribution in [3.05, 3.63) is 58.6 Å². The van der Waals surface area contributed by atoms with Gasteiger partial charge in [0.05, 0.1) is 5.56 Å². The van der Waals surface area contributed by atoms with E-state index in [4.69, 9.17) is 22.1 Å². The van der Waals surface area contributed by atoms with E-state index in [9.17, 15) is 9.59 Å². The number of halogens is 1. The number of ether oxygens (including phenoxy) is 1. The smallest absolute Gasteiger partial charge is 0.262 e. The van der Waals surface area contributed by atoms with Crippen LogP contribution in [-0.2, 0) is 4.79 Å². The Balaban J connectivity index is 1.96. The van der Waals surface area contributed by atoms with Crippen LogP contribution in [0.4, 0.5) is 5.69 Å². The second-order valence-electron chi connectivity index (χ2n) is 5.77. The first-order chi connectivity index (χ1) is 11.9. The van der Waals surface area contributed by atoms with E-state index in [2.05, 4.69) is 19.2 Å². The molecule has 0 aliphatic rings. The topological polar surface area (TPSA) is 81.4 Å². The summed E-state index contributed by atoms with van der Waals surface area (Å²) < 4.78 is 5.40. The molecular weight excluding hydrogens is 340 g/mol. The zero-order chi connectivity index (χ0) is 18.4. The zero-order valence-corrected chi connectivity index (χ0v) is 15.0. The SMILES string of the molecule is CCC(C)c1ccc(NC(=O)COc2ccc(Cl)cc2C(N)=O)cc1. The molecule has 132 valence electrons. The summed E-state index contributed by atoms with van der Waals surface area (Å²) in [5.74, 6) is -0.301. The van der Waals surface area contributed by atoms with Crippen LogP contribution in [0.15, 0.2) is 42.5 Å². The number of hydrogen-bond donors (Lipinski definition) is 2. The number of carbonyl (C=O) groups is 2. The molecule has 0 saturated heterocycles. The molecule has 0 heterocycles. The highest BCUT2D eigenvalue weighted by molar-refractivity contribution is 6.31. The zero-order valence-electron chi connectivity index (χ0n) is 14.2. The average molecular weight is 361 g/mol. The van der Waals surface area contributed by atoms with E-state index in [0.717, 1.165) is 6.42 Å². The van der Waals surface area contributed by atoms with Gasteiger partial charge in [0.2, 0.25) is 0 Å². The largest absolute Gasteiger partial charge is 0.483 e. The number of carbonyl (C=O) groups excluding carboxylic acids is 2.